The highest BCUT2D eigenvalue weighted by molar-refractivity contribution is 7.80. The first-order valence-electron chi connectivity index (χ1n) is 16.4. The lowest BCUT2D eigenvalue weighted by molar-refractivity contribution is -0.00180. The number of amides is 1. The van der Waals surface area contributed by atoms with Gasteiger partial charge in [0, 0.05) is 25.2 Å². The fourth-order valence-electron chi connectivity index (χ4n) is 5.44. The van der Waals surface area contributed by atoms with Gasteiger partial charge in [-0.25, -0.2) is 9.46 Å². The molecule has 0 aromatic heterocycles. The smallest absolute Gasteiger partial charge is 0.411 e. The summed E-state index contributed by atoms with van der Waals surface area (Å²) in [6, 6.07) is 28.0. The van der Waals surface area contributed by atoms with Crippen LogP contribution in [-0.4, -0.2) is 80.3 Å². The average molecular weight is 712 g/mol. The highest BCUT2D eigenvalue weighted by Crippen LogP contribution is 2.46. The van der Waals surface area contributed by atoms with Crippen LogP contribution in [0.15, 0.2) is 78.9 Å². The lowest BCUT2D eigenvalue weighted by Crippen LogP contribution is -2.41. The van der Waals surface area contributed by atoms with Crippen LogP contribution in [0.1, 0.15) is 57.7 Å². The molecule has 49 heavy (non-hydrogen) atoms. The summed E-state index contributed by atoms with van der Waals surface area (Å²) in [7, 11) is 1.79. The van der Waals surface area contributed by atoms with Crippen molar-refractivity contribution in [3.8, 4) is 17.6 Å². The molecule has 0 saturated heterocycles. The second kappa shape index (κ2) is 20.3. The molecule has 0 bridgehead atoms. The van der Waals surface area contributed by atoms with Crippen LogP contribution in [-0.2, 0) is 24.1 Å². The highest BCUT2D eigenvalue weighted by Gasteiger charge is 2.38. The third-order valence-corrected chi connectivity index (χ3v) is 9.82. The molecule has 266 valence electrons. The molecule has 2 atom stereocenters. The number of nitriles is 1. The Labute approximate surface area is 298 Å². The Morgan fingerprint density at radius 2 is 1.27 bits per heavy atom. The zero-order valence-corrected chi connectivity index (χ0v) is 31.4. The fraction of sp³-hybridized carbons (Fsp3) is 0.459. The molecule has 3 aromatic rings. The van der Waals surface area contributed by atoms with Crippen LogP contribution in [0, 0.1) is 11.3 Å². The number of carbonyl (C=O) groups excluding carboxylic acids is 1. The molecule has 0 fully saturated rings. The van der Waals surface area contributed by atoms with E-state index in [1.54, 1.807) is 26.0 Å². The molecule has 0 radical (unpaired) electrons. The molecule has 3 rings (SSSR count). The molecule has 0 saturated carbocycles. The summed E-state index contributed by atoms with van der Waals surface area (Å²) in [6.07, 6.45) is -0.277. The fourth-order valence-corrected chi connectivity index (χ4v) is 7.11. The summed E-state index contributed by atoms with van der Waals surface area (Å²) in [6.45, 7) is 11.0. The standard InChI is InChI=1S/C37H50N3O7PS/c1-28(2)40(29(3)4)48(45-25-11-22-38)46-27-24-39(36(41)47-30(5)49)23-26-44-37(31-12-9-8-10-13-31,32-14-18-34(42-6)19-15-32)33-16-20-35(43-7)21-17-33/h8-10,12-21,28-30,49H,11,23-27H2,1-7H3. The molecule has 10 nitrogen and oxygen atoms in total. The maximum Gasteiger partial charge on any atom is 0.411 e. The zero-order valence-electron chi connectivity index (χ0n) is 29.6. The van der Waals surface area contributed by atoms with Crippen LogP contribution >= 0.6 is 21.2 Å². The molecule has 0 heterocycles. The van der Waals surface area contributed by atoms with Crippen LogP contribution in [0.25, 0.3) is 0 Å². The Kier molecular flexibility index (Phi) is 16.6. The number of hydrogen-bond acceptors (Lipinski definition) is 10. The van der Waals surface area contributed by atoms with Gasteiger partial charge in [0.1, 0.15) is 22.5 Å². The normalized spacial score (nSPS) is 12.9. The molecule has 0 aliphatic rings. The second-order valence-electron chi connectivity index (χ2n) is 11.7. The van der Waals surface area contributed by atoms with Crippen molar-refractivity contribution >= 4 is 27.2 Å². The van der Waals surface area contributed by atoms with E-state index in [1.807, 2.05) is 78.9 Å². The first kappa shape index (κ1) is 40.1. The average Bonchev–Trinajstić information content (AvgIpc) is 3.09. The van der Waals surface area contributed by atoms with Crippen molar-refractivity contribution < 1.29 is 32.8 Å². The number of methoxy groups -OCH3 is 2. The van der Waals surface area contributed by atoms with Crippen LogP contribution in [0.5, 0.6) is 11.5 Å². The summed E-state index contributed by atoms with van der Waals surface area (Å²) in [5.41, 5.74) is 1.03. The first-order valence-corrected chi connectivity index (χ1v) is 18.0. The molecule has 0 N–H and O–H groups in total. The van der Waals surface area contributed by atoms with Gasteiger partial charge < -0.3 is 32.9 Å². The van der Waals surface area contributed by atoms with Crippen LogP contribution < -0.4 is 9.47 Å². The van der Waals surface area contributed by atoms with Gasteiger partial charge in [0.25, 0.3) is 8.53 Å². The van der Waals surface area contributed by atoms with Crippen LogP contribution in [0.2, 0.25) is 0 Å². The van der Waals surface area contributed by atoms with Gasteiger partial charge in [-0.1, -0.05) is 54.6 Å². The summed E-state index contributed by atoms with van der Waals surface area (Å²) in [4.78, 5) is 14.9. The Morgan fingerprint density at radius 1 is 0.776 bits per heavy atom. The maximum atomic E-state index is 13.3. The predicted molar refractivity (Wildman–Crippen MR) is 196 cm³/mol. The van der Waals surface area contributed by atoms with Gasteiger partial charge in [-0.3, -0.25) is 0 Å². The second-order valence-corrected chi connectivity index (χ2v) is 13.9. The molecule has 2 unspecified atom stereocenters. The number of nitrogens with zero attached hydrogens (tertiary/aromatic N) is 3. The van der Waals surface area contributed by atoms with Crippen molar-refractivity contribution in [2.45, 2.75) is 64.2 Å². The number of carbonyl (C=O) groups is 1. The molecule has 0 aliphatic heterocycles. The molecular weight excluding hydrogens is 661 g/mol. The molecule has 0 spiro atoms. The minimum absolute atomic E-state index is 0.148. The van der Waals surface area contributed by atoms with Crippen molar-refractivity contribution in [2.75, 3.05) is 47.1 Å². The number of thiol groups is 1. The zero-order chi connectivity index (χ0) is 35.8. The Balaban J connectivity index is 1.93. The molecule has 12 heteroatoms. The van der Waals surface area contributed by atoms with E-state index in [0.29, 0.717) is 0 Å². The van der Waals surface area contributed by atoms with Crippen molar-refractivity contribution in [1.29, 1.82) is 5.26 Å². The third-order valence-electron chi connectivity index (χ3n) is 7.61. The van der Waals surface area contributed by atoms with Gasteiger partial charge in [-0.2, -0.15) is 5.26 Å². The Hall–Kier alpha value is -3.36. The van der Waals surface area contributed by atoms with Gasteiger partial charge in [0.15, 0.2) is 0 Å². The van der Waals surface area contributed by atoms with E-state index in [-0.39, 0.29) is 51.4 Å². The van der Waals surface area contributed by atoms with Gasteiger partial charge in [0.2, 0.25) is 0 Å². The summed E-state index contributed by atoms with van der Waals surface area (Å²) in [5, 5.41) is 9.06. The first-order chi connectivity index (χ1) is 23.6. The molecular formula is C37H50N3O7PS. The summed E-state index contributed by atoms with van der Waals surface area (Å²) in [5.74, 6) is 1.45. The lowest BCUT2D eigenvalue weighted by atomic mass is 9.80. The Bertz CT molecular complexity index is 1380. The summed E-state index contributed by atoms with van der Waals surface area (Å²) < 4.78 is 37.8. The largest absolute Gasteiger partial charge is 0.497 e. The highest BCUT2D eigenvalue weighted by atomic mass is 32.1. The van der Waals surface area contributed by atoms with E-state index in [4.69, 9.17) is 33.3 Å². The van der Waals surface area contributed by atoms with Crippen molar-refractivity contribution in [3.63, 3.8) is 0 Å². The number of benzene rings is 3. The van der Waals surface area contributed by atoms with Gasteiger partial charge in [0.05, 0.1) is 46.5 Å². The maximum absolute atomic E-state index is 13.3. The number of hydrogen-bond donors (Lipinski definition) is 1. The van der Waals surface area contributed by atoms with Gasteiger partial charge in [-0.05, 0) is 75.6 Å². The molecule has 0 aliphatic carbocycles. The SMILES string of the molecule is COc1ccc(C(OCCN(CCOP(OCCC#N)N(C(C)C)C(C)C)C(=O)OC(C)S)(c2ccccc2)c2ccc(OC)cc2)cc1. The minimum Gasteiger partial charge on any atom is -0.497 e. The van der Waals surface area contributed by atoms with E-state index < -0.39 is 25.7 Å². The van der Waals surface area contributed by atoms with Crippen LogP contribution in [0.3, 0.4) is 0 Å². The monoisotopic (exact) mass is 711 g/mol. The third kappa shape index (κ3) is 11.3. The van der Waals surface area contributed by atoms with E-state index in [0.717, 1.165) is 28.2 Å². The predicted octanol–water partition coefficient (Wildman–Crippen LogP) is 8.02. The topological polar surface area (TPSA) is 103 Å². The van der Waals surface area contributed by atoms with E-state index in [1.165, 1.54) is 0 Å². The quantitative estimate of drug-likeness (QED) is 0.0411. The van der Waals surface area contributed by atoms with Crippen LogP contribution in [0.4, 0.5) is 4.79 Å². The van der Waals surface area contributed by atoms with Crippen molar-refractivity contribution in [1.82, 2.24) is 9.57 Å². The minimum atomic E-state index is -1.48. The van der Waals surface area contributed by atoms with Gasteiger partial charge >= 0.3 is 6.09 Å². The van der Waals surface area contributed by atoms with E-state index >= 15 is 0 Å². The van der Waals surface area contributed by atoms with Crippen molar-refractivity contribution in [3.05, 3.63) is 95.6 Å². The number of rotatable bonds is 20. The van der Waals surface area contributed by atoms with E-state index in [2.05, 4.69) is 51.1 Å². The van der Waals surface area contributed by atoms with Gasteiger partial charge in [-0.15, -0.1) is 12.6 Å². The summed E-state index contributed by atoms with van der Waals surface area (Å²) >= 11 is 4.29. The van der Waals surface area contributed by atoms with Crippen molar-refractivity contribution in [2.24, 2.45) is 0 Å². The number of ether oxygens (including phenoxy) is 4. The molecule has 1 amide bonds. The van der Waals surface area contributed by atoms with E-state index in [9.17, 15) is 4.79 Å². The Morgan fingerprint density at radius 3 is 1.73 bits per heavy atom. The lowest BCUT2D eigenvalue weighted by Gasteiger charge is -2.37. The molecule has 3 aromatic carbocycles.